The fourth-order valence-electron chi connectivity index (χ4n) is 3.65. The molecule has 0 amide bonds. The predicted octanol–water partition coefficient (Wildman–Crippen LogP) is 3.96. The average molecular weight is 263 g/mol. The molecule has 108 valence electrons. The zero-order valence-electron chi connectivity index (χ0n) is 12.2. The van der Waals surface area contributed by atoms with Crippen LogP contribution in [0.25, 0.3) is 0 Å². The molecule has 1 aliphatic heterocycles. The molecule has 0 radical (unpaired) electrons. The summed E-state index contributed by atoms with van der Waals surface area (Å²) in [5.41, 5.74) is 0.296. The monoisotopic (exact) mass is 263 g/mol. The maximum absolute atomic E-state index is 6.38. The third-order valence-electron chi connectivity index (χ3n) is 4.99. The maximum Gasteiger partial charge on any atom is 0.0687 e. The van der Waals surface area contributed by atoms with Gasteiger partial charge < -0.3 is 10.1 Å². The van der Waals surface area contributed by atoms with Crippen LogP contribution >= 0.6 is 0 Å². The first kappa shape index (κ1) is 13.6. The Bertz CT molecular complexity index is 302. The summed E-state index contributed by atoms with van der Waals surface area (Å²) in [7, 11) is 0. The molecule has 2 aliphatic carbocycles. The Balaban J connectivity index is 1.31. The van der Waals surface area contributed by atoms with Gasteiger partial charge in [0.15, 0.2) is 0 Å². The van der Waals surface area contributed by atoms with Crippen LogP contribution in [0.5, 0.6) is 0 Å². The summed E-state index contributed by atoms with van der Waals surface area (Å²) in [6.07, 6.45) is 19.7. The Morgan fingerprint density at radius 1 is 1.00 bits per heavy atom. The quantitative estimate of drug-likeness (QED) is 0.578. The summed E-state index contributed by atoms with van der Waals surface area (Å²) >= 11 is 0. The summed E-state index contributed by atoms with van der Waals surface area (Å²) in [6, 6.07) is 0.845. The van der Waals surface area contributed by atoms with Crippen LogP contribution in [0, 0.1) is 0 Å². The topological polar surface area (TPSA) is 21.3 Å². The second-order valence-electron chi connectivity index (χ2n) is 6.75. The largest absolute Gasteiger partial charge is 0.371 e. The van der Waals surface area contributed by atoms with E-state index in [0.29, 0.717) is 11.7 Å². The van der Waals surface area contributed by atoms with Crippen molar-refractivity contribution < 1.29 is 4.74 Å². The molecule has 1 heterocycles. The Morgan fingerprint density at radius 3 is 2.63 bits per heavy atom. The lowest BCUT2D eigenvalue weighted by molar-refractivity contribution is -0.0620. The molecule has 3 rings (SSSR count). The van der Waals surface area contributed by atoms with Crippen LogP contribution in [-0.4, -0.2) is 24.3 Å². The summed E-state index contributed by atoms with van der Waals surface area (Å²) in [6.45, 7) is 1.15. The minimum Gasteiger partial charge on any atom is -0.371 e. The van der Waals surface area contributed by atoms with E-state index in [9.17, 15) is 0 Å². The minimum absolute atomic E-state index is 0.296. The summed E-state index contributed by atoms with van der Waals surface area (Å²) < 4.78 is 6.38. The van der Waals surface area contributed by atoms with Crippen molar-refractivity contribution in [1.82, 2.24) is 5.32 Å². The Hall–Kier alpha value is -0.340. The number of nitrogens with one attached hydrogen (secondary N) is 1. The third-order valence-corrected chi connectivity index (χ3v) is 4.99. The molecule has 1 unspecified atom stereocenters. The van der Waals surface area contributed by atoms with Gasteiger partial charge >= 0.3 is 0 Å². The van der Waals surface area contributed by atoms with Gasteiger partial charge in [-0.25, -0.2) is 0 Å². The highest BCUT2D eigenvalue weighted by Crippen LogP contribution is 2.42. The molecule has 2 heteroatoms. The normalized spacial score (nSPS) is 30.4. The fraction of sp³-hybridized carbons (Fsp3) is 0.882. The van der Waals surface area contributed by atoms with E-state index < -0.39 is 0 Å². The van der Waals surface area contributed by atoms with E-state index in [1.807, 2.05) is 0 Å². The van der Waals surface area contributed by atoms with Crippen molar-refractivity contribution in [2.75, 3.05) is 6.54 Å². The first-order chi connectivity index (χ1) is 9.36. The van der Waals surface area contributed by atoms with E-state index in [2.05, 4.69) is 17.5 Å². The van der Waals surface area contributed by atoms with Gasteiger partial charge in [-0.05, 0) is 57.9 Å². The molecule has 0 bridgehead atoms. The van der Waals surface area contributed by atoms with Crippen molar-refractivity contribution in [1.29, 1.82) is 0 Å². The Kier molecular flexibility index (Phi) is 4.60. The first-order valence-electron chi connectivity index (χ1n) is 8.43. The molecule has 3 fully saturated rings. The highest BCUT2D eigenvalue weighted by atomic mass is 16.5. The van der Waals surface area contributed by atoms with E-state index in [4.69, 9.17) is 4.74 Å². The fourth-order valence-corrected chi connectivity index (χ4v) is 3.65. The second-order valence-corrected chi connectivity index (χ2v) is 6.75. The van der Waals surface area contributed by atoms with Crippen molar-refractivity contribution in [3.8, 4) is 0 Å². The van der Waals surface area contributed by atoms with Gasteiger partial charge in [0.1, 0.15) is 0 Å². The lowest BCUT2D eigenvalue weighted by Crippen LogP contribution is -2.31. The van der Waals surface area contributed by atoms with Gasteiger partial charge in [0.25, 0.3) is 0 Å². The highest BCUT2D eigenvalue weighted by Gasteiger charge is 2.40. The van der Waals surface area contributed by atoms with Crippen LogP contribution in [0.4, 0.5) is 0 Å². The van der Waals surface area contributed by atoms with Crippen molar-refractivity contribution >= 4 is 0 Å². The second kappa shape index (κ2) is 6.41. The van der Waals surface area contributed by atoms with Crippen LogP contribution in [0.1, 0.15) is 70.6 Å². The number of hydrogen-bond acceptors (Lipinski definition) is 2. The van der Waals surface area contributed by atoms with E-state index in [1.165, 1.54) is 64.2 Å². The van der Waals surface area contributed by atoms with Crippen molar-refractivity contribution in [3.63, 3.8) is 0 Å². The highest BCUT2D eigenvalue weighted by molar-refractivity contribution is 4.94. The van der Waals surface area contributed by atoms with Gasteiger partial charge in [-0.1, -0.05) is 31.4 Å². The molecule has 1 spiro atoms. The average Bonchev–Trinajstić information content (AvgIpc) is 3.18. The van der Waals surface area contributed by atoms with E-state index in [0.717, 1.165) is 19.0 Å². The molecule has 3 aliphatic rings. The predicted molar refractivity (Wildman–Crippen MR) is 79.3 cm³/mol. The Labute approximate surface area is 118 Å². The van der Waals surface area contributed by atoms with E-state index in [1.54, 1.807) is 0 Å². The van der Waals surface area contributed by atoms with Crippen LogP contribution in [0.15, 0.2) is 12.2 Å². The molecule has 0 aromatic carbocycles. The van der Waals surface area contributed by atoms with Gasteiger partial charge in [0, 0.05) is 6.04 Å². The molecule has 1 atom stereocenters. The van der Waals surface area contributed by atoms with E-state index >= 15 is 0 Å². The van der Waals surface area contributed by atoms with Gasteiger partial charge in [0.2, 0.25) is 0 Å². The zero-order chi connectivity index (χ0) is 13.0. The summed E-state index contributed by atoms with van der Waals surface area (Å²) in [4.78, 5) is 0. The van der Waals surface area contributed by atoms with Crippen LogP contribution in [0.2, 0.25) is 0 Å². The van der Waals surface area contributed by atoms with Crippen molar-refractivity contribution in [2.24, 2.45) is 0 Å². The molecule has 0 aromatic heterocycles. The maximum atomic E-state index is 6.38. The first-order valence-corrected chi connectivity index (χ1v) is 8.43. The van der Waals surface area contributed by atoms with Gasteiger partial charge in [-0.2, -0.15) is 0 Å². The summed E-state index contributed by atoms with van der Waals surface area (Å²) in [5, 5.41) is 3.55. The number of hydrogen-bond donors (Lipinski definition) is 1. The SMILES string of the molecule is C(=C\CC1CCC2(CCCCC2)O1)/CCNC1CC1. The van der Waals surface area contributed by atoms with Gasteiger partial charge in [-0.3, -0.25) is 0 Å². The van der Waals surface area contributed by atoms with Gasteiger partial charge in [0.05, 0.1) is 11.7 Å². The van der Waals surface area contributed by atoms with Crippen LogP contribution in [0.3, 0.4) is 0 Å². The number of rotatable bonds is 6. The smallest absolute Gasteiger partial charge is 0.0687 e. The lowest BCUT2D eigenvalue weighted by atomic mass is 9.83. The lowest BCUT2D eigenvalue weighted by Gasteiger charge is -2.33. The van der Waals surface area contributed by atoms with Crippen molar-refractivity contribution in [2.45, 2.75) is 88.4 Å². The zero-order valence-corrected chi connectivity index (χ0v) is 12.2. The summed E-state index contributed by atoms with van der Waals surface area (Å²) in [5.74, 6) is 0. The molecule has 0 aromatic rings. The molecule has 2 nitrogen and oxygen atoms in total. The minimum atomic E-state index is 0.296. The van der Waals surface area contributed by atoms with Crippen LogP contribution in [-0.2, 0) is 4.74 Å². The van der Waals surface area contributed by atoms with Crippen LogP contribution < -0.4 is 5.32 Å². The molecular weight excluding hydrogens is 234 g/mol. The molecule has 1 saturated heterocycles. The standard InChI is InChI=1S/C17H29NO/c1(6-14-18-15-8-9-15)3-7-16-10-13-17(19-16)11-4-2-5-12-17/h1,3,15-16,18H,2,4-14H2/b3-1+. The molecular formula is C17H29NO. The van der Waals surface area contributed by atoms with E-state index in [-0.39, 0.29) is 0 Å². The molecule has 2 saturated carbocycles. The Morgan fingerprint density at radius 2 is 1.84 bits per heavy atom. The molecule has 1 N–H and O–H groups in total. The molecule has 19 heavy (non-hydrogen) atoms. The number of ether oxygens (including phenoxy) is 1. The van der Waals surface area contributed by atoms with Gasteiger partial charge in [-0.15, -0.1) is 0 Å². The third kappa shape index (κ3) is 4.06. The van der Waals surface area contributed by atoms with Crippen molar-refractivity contribution in [3.05, 3.63) is 12.2 Å².